The van der Waals surface area contributed by atoms with Gasteiger partial charge in [-0.05, 0) is 43.9 Å². The van der Waals surface area contributed by atoms with Crippen LogP contribution in [0, 0.1) is 5.41 Å². The summed E-state index contributed by atoms with van der Waals surface area (Å²) in [6.45, 7) is 8.63. The maximum atomic E-state index is 9.94. The molecule has 2 N–H and O–H groups in total. The number of rotatable bonds is 2. The average Bonchev–Trinajstić information content (AvgIpc) is 2.27. The Kier molecular flexibility index (Phi) is 3.53. The van der Waals surface area contributed by atoms with Gasteiger partial charge in [-0.1, -0.05) is 19.9 Å². The molecule has 3 nitrogen and oxygen atoms in total. The van der Waals surface area contributed by atoms with Crippen molar-refractivity contribution in [3.63, 3.8) is 0 Å². The molecule has 1 fully saturated rings. The van der Waals surface area contributed by atoms with Crippen LogP contribution in [0.2, 0.25) is 0 Å². The van der Waals surface area contributed by atoms with Crippen molar-refractivity contribution in [3.05, 3.63) is 23.8 Å². The van der Waals surface area contributed by atoms with Crippen LogP contribution in [-0.2, 0) is 0 Å². The zero-order valence-electron chi connectivity index (χ0n) is 11.5. The van der Waals surface area contributed by atoms with Crippen molar-refractivity contribution >= 4 is 0 Å². The molecule has 2 rings (SSSR count). The van der Waals surface area contributed by atoms with Crippen molar-refractivity contribution < 1.29 is 10.2 Å². The summed E-state index contributed by atoms with van der Waals surface area (Å²) in [5.41, 5.74) is 0.960. The predicted molar refractivity (Wildman–Crippen MR) is 72.8 cm³/mol. The largest absolute Gasteiger partial charge is 0.507 e. The lowest BCUT2D eigenvalue weighted by Gasteiger charge is -2.41. The highest BCUT2D eigenvalue weighted by molar-refractivity contribution is 5.45. The molecule has 18 heavy (non-hydrogen) atoms. The second-order valence-corrected chi connectivity index (χ2v) is 6.12. The summed E-state index contributed by atoms with van der Waals surface area (Å²) in [5, 5.41) is 19.9. The van der Waals surface area contributed by atoms with Crippen molar-refractivity contribution in [3.8, 4) is 11.5 Å². The van der Waals surface area contributed by atoms with Crippen molar-refractivity contribution in [1.29, 1.82) is 0 Å². The lowest BCUT2D eigenvalue weighted by molar-refractivity contribution is 0.0825. The summed E-state index contributed by atoms with van der Waals surface area (Å²) >= 11 is 0. The highest BCUT2D eigenvalue weighted by Gasteiger charge is 2.31. The number of benzene rings is 1. The molecule has 0 radical (unpaired) electrons. The third-order valence-electron chi connectivity index (χ3n) is 3.96. The van der Waals surface area contributed by atoms with E-state index in [1.54, 1.807) is 18.2 Å². The SMILES string of the molecule is CC(c1c(O)cccc1O)N1CCCC(C)(C)C1. The standard InChI is InChI=1S/C15H23NO2/c1-11(14-12(17)6-4-7-13(14)18)16-9-5-8-15(2,3)10-16/h4,6-7,11,17-18H,5,8-10H2,1-3H3. The van der Waals surface area contributed by atoms with Gasteiger partial charge in [-0.15, -0.1) is 0 Å². The number of nitrogens with zero attached hydrogens (tertiary/aromatic N) is 1. The lowest BCUT2D eigenvalue weighted by Crippen LogP contribution is -2.41. The minimum Gasteiger partial charge on any atom is -0.507 e. The van der Waals surface area contributed by atoms with Gasteiger partial charge in [0.25, 0.3) is 0 Å². The third kappa shape index (κ3) is 2.61. The van der Waals surface area contributed by atoms with E-state index in [2.05, 4.69) is 25.7 Å². The topological polar surface area (TPSA) is 43.7 Å². The van der Waals surface area contributed by atoms with Crippen molar-refractivity contribution in [2.75, 3.05) is 13.1 Å². The van der Waals surface area contributed by atoms with E-state index >= 15 is 0 Å². The molecule has 1 saturated heterocycles. The molecule has 1 unspecified atom stereocenters. The maximum Gasteiger partial charge on any atom is 0.124 e. The van der Waals surface area contributed by atoms with Gasteiger partial charge < -0.3 is 10.2 Å². The first-order valence-electron chi connectivity index (χ1n) is 6.66. The third-order valence-corrected chi connectivity index (χ3v) is 3.96. The van der Waals surface area contributed by atoms with E-state index < -0.39 is 0 Å². The van der Waals surface area contributed by atoms with Crippen LogP contribution in [0.25, 0.3) is 0 Å². The van der Waals surface area contributed by atoms with Crippen LogP contribution in [0.15, 0.2) is 18.2 Å². The number of hydrogen-bond acceptors (Lipinski definition) is 3. The van der Waals surface area contributed by atoms with Gasteiger partial charge in [-0.3, -0.25) is 4.90 Å². The van der Waals surface area contributed by atoms with Crippen LogP contribution < -0.4 is 0 Å². The first-order chi connectivity index (χ1) is 8.41. The van der Waals surface area contributed by atoms with Gasteiger partial charge in [-0.2, -0.15) is 0 Å². The normalized spacial score (nSPS) is 21.7. The summed E-state index contributed by atoms with van der Waals surface area (Å²) in [6.07, 6.45) is 2.41. The van der Waals surface area contributed by atoms with Gasteiger partial charge in [0.2, 0.25) is 0 Å². The fourth-order valence-corrected chi connectivity index (χ4v) is 2.95. The van der Waals surface area contributed by atoms with Crippen LogP contribution in [0.1, 0.15) is 45.2 Å². The highest BCUT2D eigenvalue weighted by atomic mass is 16.3. The smallest absolute Gasteiger partial charge is 0.124 e. The van der Waals surface area contributed by atoms with Gasteiger partial charge in [0.1, 0.15) is 11.5 Å². The molecule has 0 bridgehead atoms. The van der Waals surface area contributed by atoms with Crippen molar-refractivity contribution in [1.82, 2.24) is 4.90 Å². The zero-order chi connectivity index (χ0) is 13.3. The summed E-state index contributed by atoms with van der Waals surface area (Å²) < 4.78 is 0. The molecule has 1 atom stereocenters. The van der Waals surface area contributed by atoms with Gasteiger partial charge >= 0.3 is 0 Å². The summed E-state index contributed by atoms with van der Waals surface area (Å²) in [4.78, 5) is 2.35. The maximum absolute atomic E-state index is 9.94. The Morgan fingerprint density at radius 2 is 1.83 bits per heavy atom. The molecule has 0 saturated carbocycles. The number of aromatic hydroxyl groups is 2. The van der Waals surface area contributed by atoms with Gasteiger partial charge in [-0.25, -0.2) is 0 Å². The minimum absolute atomic E-state index is 0.0470. The molecule has 0 aromatic heterocycles. The molecule has 100 valence electrons. The average molecular weight is 249 g/mol. The molecule has 1 aromatic rings. The van der Waals surface area contributed by atoms with E-state index in [0.717, 1.165) is 13.1 Å². The van der Waals surface area contributed by atoms with E-state index in [4.69, 9.17) is 0 Å². The second kappa shape index (κ2) is 4.81. The first-order valence-corrected chi connectivity index (χ1v) is 6.66. The number of phenols is 2. The lowest BCUT2D eigenvalue weighted by atomic mass is 9.83. The quantitative estimate of drug-likeness (QED) is 0.845. The zero-order valence-corrected chi connectivity index (χ0v) is 11.5. The molecule has 1 aliphatic rings. The monoisotopic (exact) mass is 249 g/mol. The minimum atomic E-state index is 0.0470. The Bertz CT molecular complexity index is 408. The molecular formula is C15H23NO2. The Hall–Kier alpha value is -1.22. The molecule has 1 aromatic carbocycles. The van der Waals surface area contributed by atoms with Crippen LogP contribution >= 0.6 is 0 Å². The number of phenolic OH excluding ortho intramolecular Hbond substituents is 2. The number of piperidine rings is 1. The summed E-state index contributed by atoms with van der Waals surface area (Å²) in [6, 6.07) is 4.99. The van der Waals surface area contributed by atoms with Gasteiger partial charge in [0, 0.05) is 12.6 Å². The summed E-state index contributed by atoms with van der Waals surface area (Å²) in [7, 11) is 0. The molecular weight excluding hydrogens is 226 g/mol. The van der Waals surface area contributed by atoms with E-state index in [-0.39, 0.29) is 17.5 Å². The Morgan fingerprint density at radius 3 is 2.39 bits per heavy atom. The Morgan fingerprint density at radius 1 is 1.22 bits per heavy atom. The van der Waals surface area contributed by atoms with Crippen molar-refractivity contribution in [2.45, 2.75) is 39.7 Å². The van der Waals surface area contributed by atoms with E-state index in [9.17, 15) is 10.2 Å². The van der Waals surface area contributed by atoms with E-state index in [1.807, 2.05) is 0 Å². The first kappa shape index (κ1) is 13.2. The Balaban J connectivity index is 2.23. The van der Waals surface area contributed by atoms with Crippen LogP contribution in [0.5, 0.6) is 11.5 Å². The fourth-order valence-electron chi connectivity index (χ4n) is 2.95. The molecule has 0 aliphatic carbocycles. The van der Waals surface area contributed by atoms with E-state index in [0.29, 0.717) is 11.0 Å². The van der Waals surface area contributed by atoms with Crippen molar-refractivity contribution in [2.24, 2.45) is 5.41 Å². The van der Waals surface area contributed by atoms with Gasteiger partial charge in [0.15, 0.2) is 0 Å². The van der Waals surface area contributed by atoms with E-state index in [1.165, 1.54) is 12.8 Å². The number of hydrogen-bond donors (Lipinski definition) is 2. The molecule has 1 aliphatic heterocycles. The van der Waals surface area contributed by atoms with Gasteiger partial charge in [0.05, 0.1) is 5.56 Å². The Labute approximate surface area is 109 Å². The molecule has 0 amide bonds. The van der Waals surface area contributed by atoms with Crippen LogP contribution in [0.4, 0.5) is 0 Å². The van der Waals surface area contributed by atoms with Crippen LogP contribution in [-0.4, -0.2) is 28.2 Å². The molecule has 1 heterocycles. The highest BCUT2D eigenvalue weighted by Crippen LogP contribution is 2.39. The molecule has 0 spiro atoms. The number of likely N-dealkylation sites (tertiary alicyclic amines) is 1. The second-order valence-electron chi connectivity index (χ2n) is 6.12. The molecule has 3 heteroatoms. The summed E-state index contributed by atoms with van der Waals surface area (Å²) in [5.74, 6) is 0.372. The fraction of sp³-hybridized carbons (Fsp3) is 0.600. The van der Waals surface area contributed by atoms with Crippen LogP contribution in [0.3, 0.4) is 0 Å². The predicted octanol–water partition coefficient (Wildman–Crippen LogP) is 3.28.